The molecule has 3 nitrogen and oxygen atoms in total. The van der Waals surface area contributed by atoms with Crippen molar-refractivity contribution in [3.63, 3.8) is 0 Å². The van der Waals surface area contributed by atoms with Gasteiger partial charge in [0.05, 0.1) is 11.6 Å². The zero-order valence-electron chi connectivity index (χ0n) is 13.7. The molecule has 1 amide bonds. The number of phenols is 1. The summed E-state index contributed by atoms with van der Waals surface area (Å²) in [6, 6.07) is 18.4. The molecule has 3 aromatic rings. The standard InChI is InChI=1S/C21H15Cl2NO2/c22-14-9-13(10-15(23)11-14)16-6-7-18(25)19-17(21(26)24-20(16)19)8-12-4-2-1-3-5-12/h1-7,9-11,17,25H,8H2,(H,24,26). The molecule has 3 aromatic carbocycles. The van der Waals surface area contributed by atoms with Crippen LogP contribution in [0.2, 0.25) is 10.0 Å². The largest absolute Gasteiger partial charge is 0.508 e. The van der Waals surface area contributed by atoms with Crippen LogP contribution in [0.15, 0.2) is 60.7 Å². The van der Waals surface area contributed by atoms with Gasteiger partial charge in [0.1, 0.15) is 5.75 Å². The van der Waals surface area contributed by atoms with Crippen LogP contribution < -0.4 is 5.32 Å². The summed E-state index contributed by atoms with van der Waals surface area (Å²) in [5.74, 6) is -0.460. The first kappa shape index (κ1) is 17.0. The summed E-state index contributed by atoms with van der Waals surface area (Å²) in [5, 5.41) is 14.4. The van der Waals surface area contributed by atoms with Gasteiger partial charge in [0.25, 0.3) is 0 Å². The molecule has 0 spiro atoms. The maximum Gasteiger partial charge on any atom is 0.232 e. The molecule has 2 N–H and O–H groups in total. The lowest BCUT2D eigenvalue weighted by Gasteiger charge is -2.13. The molecule has 4 rings (SSSR count). The van der Waals surface area contributed by atoms with Gasteiger partial charge in [-0.05, 0) is 47.9 Å². The van der Waals surface area contributed by atoms with Crippen LogP contribution in [-0.4, -0.2) is 11.0 Å². The van der Waals surface area contributed by atoms with Crippen LogP contribution in [0, 0.1) is 0 Å². The van der Waals surface area contributed by atoms with E-state index in [2.05, 4.69) is 5.32 Å². The van der Waals surface area contributed by atoms with Crippen LogP contribution in [0.3, 0.4) is 0 Å². The minimum absolute atomic E-state index is 0.108. The molecule has 26 heavy (non-hydrogen) atoms. The Hall–Kier alpha value is -2.49. The van der Waals surface area contributed by atoms with Crippen molar-refractivity contribution in [3.05, 3.63) is 81.8 Å². The molecule has 1 atom stereocenters. The number of anilines is 1. The van der Waals surface area contributed by atoms with Crippen molar-refractivity contribution in [1.82, 2.24) is 0 Å². The van der Waals surface area contributed by atoms with Gasteiger partial charge in [-0.1, -0.05) is 53.5 Å². The number of halogens is 2. The van der Waals surface area contributed by atoms with Crippen molar-refractivity contribution >= 4 is 34.8 Å². The number of nitrogens with one attached hydrogen (secondary N) is 1. The van der Waals surface area contributed by atoms with Gasteiger partial charge in [-0.3, -0.25) is 4.79 Å². The summed E-state index contributed by atoms with van der Waals surface area (Å²) >= 11 is 12.3. The predicted octanol–water partition coefficient (Wildman–Crippen LogP) is 5.64. The Bertz CT molecular complexity index is 982. The van der Waals surface area contributed by atoms with E-state index in [1.807, 2.05) is 30.3 Å². The number of hydrogen-bond donors (Lipinski definition) is 2. The maximum absolute atomic E-state index is 12.6. The highest BCUT2D eigenvalue weighted by Crippen LogP contribution is 2.46. The molecule has 0 radical (unpaired) electrons. The van der Waals surface area contributed by atoms with E-state index in [1.165, 1.54) is 0 Å². The Kier molecular flexibility index (Phi) is 4.35. The monoisotopic (exact) mass is 383 g/mol. The van der Waals surface area contributed by atoms with Gasteiger partial charge in [-0.2, -0.15) is 0 Å². The number of benzene rings is 3. The Labute approximate surface area is 161 Å². The fourth-order valence-corrected chi connectivity index (χ4v) is 3.96. The maximum atomic E-state index is 12.6. The minimum atomic E-state index is -0.443. The lowest BCUT2D eigenvalue weighted by molar-refractivity contribution is -0.117. The SMILES string of the molecule is O=C1Nc2c(-c3cc(Cl)cc(Cl)c3)ccc(O)c2C1Cc1ccccc1. The van der Waals surface area contributed by atoms with E-state index < -0.39 is 5.92 Å². The number of aromatic hydroxyl groups is 1. The molecule has 0 saturated carbocycles. The second-order valence-electron chi connectivity index (χ2n) is 6.31. The van der Waals surface area contributed by atoms with Crippen molar-refractivity contribution in [2.45, 2.75) is 12.3 Å². The normalized spacial score (nSPS) is 15.6. The Morgan fingerprint density at radius 3 is 2.35 bits per heavy atom. The van der Waals surface area contributed by atoms with Crippen molar-refractivity contribution in [1.29, 1.82) is 0 Å². The van der Waals surface area contributed by atoms with Crippen LogP contribution in [0.4, 0.5) is 5.69 Å². The molecule has 130 valence electrons. The summed E-state index contributed by atoms with van der Waals surface area (Å²) in [5.41, 5.74) is 3.85. The third-order valence-corrected chi connectivity index (χ3v) is 5.03. The first-order chi connectivity index (χ1) is 12.5. The number of phenolic OH excluding ortho intramolecular Hbond substituents is 1. The van der Waals surface area contributed by atoms with E-state index >= 15 is 0 Å². The molecule has 0 aromatic heterocycles. The molecule has 0 bridgehead atoms. The summed E-state index contributed by atoms with van der Waals surface area (Å²) < 4.78 is 0. The zero-order valence-corrected chi connectivity index (χ0v) is 15.2. The smallest absolute Gasteiger partial charge is 0.232 e. The quantitative estimate of drug-likeness (QED) is 0.614. The molecule has 0 saturated heterocycles. The molecular weight excluding hydrogens is 369 g/mol. The minimum Gasteiger partial charge on any atom is -0.508 e. The highest BCUT2D eigenvalue weighted by atomic mass is 35.5. The van der Waals surface area contributed by atoms with Crippen LogP contribution in [0.25, 0.3) is 11.1 Å². The van der Waals surface area contributed by atoms with E-state index in [-0.39, 0.29) is 11.7 Å². The van der Waals surface area contributed by atoms with Crippen LogP contribution in [0.5, 0.6) is 5.75 Å². The zero-order chi connectivity index (χ0) is 18.3. The van der Waals surface area contributed by atoms with Crippen molar-refractivity contribution in [2.24, 2.45) is 0 Å². The third kappa shape index (κ3) is 3.05. The summed E-state index contributed by atoms with van der Waals surface area (Å²) in [4.78, 5) is 12.6. The van der Waals surface area contributed by atoms with Crippen molar-refractivity contribution < 1.29 is 9.90 Å². The van der Waals surface area contributed by atoms with Gasteiger partial charge in [0.15, 0.2) is 0 Å². The van der Waals surface area contributed by atoms with E-state index in [1.54, 1.807) is 30.3 Å². The molecule has 0 aliphatic carbocycles. The van der Waals surface area contributed by atoms with E-state index in [0.29, 0.717) is 27.7 Å². The van der Waals surface area contributed by atoms with Gasteiger partial charge in [0.2, 0.25) is 5.91 Å². The van der Waals surface area contributed by atoms with Gasteiger partial charge in [-0.25, -0.2) is 0 Å². The fourth-order valence-electron chi connectivity index (χ4n) is 3.43. The van der Waals surface area contributed by atoms with Crippen LogP contribution >= 0.6 is 23.2 Å². The summed E-state index contributed by atoms with van der Waals surface area (Å²) in [7, 11) is 0. The second-order valence-corrected chi connectivity index (χ2v) is 7.18. The first-order valence-corrected chi connectivity index (χ1v) is 8.95. The highest BCUT2D eigenvalue weighted by Gasteiger charge is 2.35. The molecular formula is C21H15Cl2NO2. The first-order valence-electron chi connectivity index (χ1n) is 8.20. The van der Waals surface area contributed by atoms with E-state index in [4.69, 9.17) is 23.2 Å². The third-order valence-electron chi connectivity index (χ3n) is 4.59. The Morgan fingerprint density at radius 1 is 0.962 bits per heavy atom. The molecule has 1 unspecified atom stereocenters. The van der Waals surface area contributed by atoms with Crippen LogP contribution in [0.1, 0.15) is 17.0 Å². The average molecular weight is 384 g/mol. The topological polar surface area (TPSA) is 49.3 Å². The number of carbonyl (C=O) groups excluding carboxylic acids is 1. The van der Waals surface area contributed by atoms with E-state index in [9.17, 15) is 9.90 Å². The number of rotatable bonds is 3. The van der Waals surface area contributed by atoms with E-state index in [0.717, 1.165) is 16.7 Å². The number of amides is 1. The van der Waals surface area contributed by atoms with Crippen molar-refractivity contribution in [3.8, 4) is 16.9 Å². The highest BCUT2D eigenvalue weighted by molar-refractivity contribution is 6.35. The number of carbonyl (C=O) groups is 1. The molecule has 0 fully saturated rings. The molecule has 1 aliphatic heterocycles. The second kappa shape index (κ2) is 6.67. The van der Waals surface area contributed by atoms with Crippen LogP contribution in [-0.2, 0) is 11.2 Å². The Balaban J connectivity index is 1.82. The summed E-state index contributed by atoms with van der Waals surface area (Å²) in [6.45, 7) is 0. The molecule has 1 aliphatic rings. The fraction of sp³-hybridized carbons (Fsp3) is 0.0952. The van der Waals surface area contributed by atoms with Gasteiger partial charge < -0.3 is 10.4 Å². The number of fused-ring (bicyclic) bond motifs is 1. The molecule has 5 heteroatoms. The summed E-state index contributed by atoms with van der Waals surface area (Å²) in [6.07, 6.45) is 0.521. The average Bonchev–Trinajstić information content (AvgIpc) is 2.92. The number of hydrogen-bond acceptors (Lipinski definition) is 2. The predicted molar refractivity (Wildman–Crippen MR) is 105 cm³/mol. The molecule has 1 heterocycles. The lowest BCUT2D eigenvalue weighted by atomic mass is 9.90. The van der Waals surface area contributed by atoms with Gasteiger partial charge in [0, 0.05) is 21.2 Å². The Morgan fingerprint density at radius 2 is 1.65 bits per heavy atom. The lowest BCUT2D eigenvalue weighted by Crippen LogP contribution is -2.14. The van der Waals surface area contributed by atoms with Gasteiger partial charge in [-0.15, -0.1) is 0 Å². The van der Waals surface area contributed by atoms with Crippen molar-refractivity contribution in [2.75, 3.05) is 5.32 Å². The van der Waals surface area contributed by atoms with Gasteiger partial charge >= 0.3 is 0 Å².